The van der Waals surface area contributed by atoms with Gasteiger partial charge in [-0.3, -0.25) is 0 Å². The van der Waals surface area contributed by atoms with Crippen LogP contribution >= 0.6 is 0 Å². The minimum atomic E-state index is -0.795. The molecule has 2 N–H and O–H groups in total. The highest BCUT2D eigenvalue weighted by Gasteiger charge is 2.34. The van der Waals surface area contributed by atoms with E-state index in [2.05, 4.69) is 15.3 Å². The van der Waals surface area contributed by atoms with Crippen LogP contribution in [-0.2, 0) is 13.1 Å². The van der Waals surface area contributed by atoms with Gasteiger partial charge in [-0.15, -0.1) is 0 Å². The summed E-state index contributed by atoms with van der Waals surface area (Å²) in [6.45, 7) is 3.97. The third-order valence-electron chi connectivity index (χ3n) is 5.18. The maximum Gasteiger partial charge on any atom is 0.317 e. The summed E-state index contributed by atoms with van der Waals surface area (Å²) in [5.74, 6) is 0. The molecule has 0 saturated carbocycles. The molecule has 0 unspecified atom stereocenters. The molecule has 27 heavy (non-hydrogen) atoms. The highest BCUT2D eigenvalue weighted by atomic mass is 16.3. The van der Waals surface area contributed by atoms with E-state index in [0.717, 1.165) is 17.0 Å². The number of hydrogen-bond acceptors (Lipinski definition) is 4. The Labute approximate surface area is 157 Å². The number of imidazole rings is 2. The first-order valence-electron chi connectivity index (χ1n) is 9.17. The standard InChI is InChI=1S/C19H24N6O2/c1-15-3-2-4-17-22-16(12-25(15)17)11-21-18(26)24-8-5-19(27,6-9-24)13-23-10-7-20-14-23/h2-4,7,10,12,14,27H,5-6,8-9,11,13H2,1H3,(H,21,26). The van der Waals surface area contributed by atoms with Crippen LogP contribution in [0.4, 0.5) is 4.79 Å². The molecule has 1 aliphatic rings. The summed E-state index contributed by atoms with van der Waals surface area (Å²) < 4.78 is 3.89. The Balaban J connectivity index is 1.31. The molecule has 3 aromatic rings. The predicted molar refractivity (Wildman–Crippen MR) is 100 cm³/mol. The molecule has 4 heterocycles. The Morgan fingerprint density at radius 3 is 2.85 bits per heavy atom. The predicted octanol–water partition coefficient (Wildman–Crippen LogP) is 1.58. The SMILES string of the molecule is Cc1cccc2nc(CNC(=O)N3CCC(O)(Cn4ccnc4)CC3)cn12. The molecular formula is C19H24N6O2. The van der Waals surface area contributed by atoms with Crippen molar-refractivity contribution in [3.05, 3.63) is 54.5 Å². The van der Waals surface area contributed by atoms with Crippen molar-refractivity contribution in [3.8, 4) is 0 Å². The minimum Gasteiger partial charge on any atom is -0.388 e. The lowest BCUT2D eigenvalue weighted by atomic mass is 9.91. The van der Waals surface area contributed by atoms with E-state index in [1.165, 1.54) is 0 Å². The summed E-state index contributed by atoms with van der Waals surface area (Å²) in [5.41, 5.74) is 2.01. The second-order valence-corrected chi connectivity index (χ2v) is 7.23. The first kappa shape index (κ1) is 17.5. The van der Waals surface area contributed by atoms with Crippen molar-refractivity contribution < 1.29 is 9.90 Å². The lowest BCUT2D eigenvalue weighted by molar-refractivity contribution is -0.0257. The van der Waals surface area contributed by atoms with Gasteiger partial charge >= 0.3 is 6.03 Å². The van der Waals surface area contributed by atoms with E-state index < -0.39 is 5.60 Å². The Hall–Kier alpha value is -2.87. The molecule has 0 atom stereocenters. The third kappa shape index (κ3) is 3.80. The Morgan fingerprint density at radius 2 is 2.15 bits per heavy atom. The van der Waals surface area contributed by atoms with Crippen molar-refractivity contribution in [2.45, 2.75) is 38.5 Å². The quantitative estimate of drug-likeness (QED) is 0.732. The highest BCUT2D eigenvalue weighted by Crippen LogP contribution is 2.24. The van der Waals surface area contributed by atoms with Crippen LogP contribution in [0.2, 0.25) is 0 Å². The van der Waals surface area contributed by atoms with Crippen molar-refractivity contribution in [2.24, 2.45) is 0 Å². The number of piperidine rings is 1. The fourth-order valence-corrected chi connectivity index (χ4v) is 3.57. The molecule has 1 fully saturated rings. The molecular weight excluding hydrogens is 344 g/mol. The van der Waals surface area contributed by atoms with Gasteiger partial charge in [0.25, 0.3) is 0 Å². The summed E-state index contributed by atoms with van der Waals surface area (Å²) >= 11 is 0. The van der Waals surface area contributed by atoms with Gasteiger partial charge in [0.1, 0.15) is 5.65 Å². The Morgan fingerprint density at radius 1 is 1.33 bits per heavy atom. The Bertz CT molecular complexity index is 925. The summed E-state index contributed by atoms with van der Waals surface area (Å²) in [7, 11) is 0. The monoisotopic (exact) mass is 368 g/mol. The zero-order valence-corrected chi connectivity index (χ0v) is 15.4. The topological polar surface area (TPSA) is 87.7 Å². The second kappa shape index (κ2) is 7.03. The van der Waals surface area contributed by atoms with Crippen LogP contribution < -0.4 is 5.32 Å². The van der Waals surface area contributed by atoms with E-state index >= 15 is 0 Å². The molecule has 1 saturated heterocycles. The van der Waals surface area contributed by atoms with Crippen LogP contribution in [0.3, 0.4) is 0 Å². The number of carbonyl (C=O) groups excluding carboxylic acids is 1. The number of nitrogens with one attached hydrogen (secondary N) is 1. The lowest BCUT2D eigenvalue weighted by Crippen LogP contribution is -2.51. The number of carbonyl (C=O) groups is 1. The van der Waals surface area contributed by atoms with E-state index in [1.807, 2.05) is 46.5 Å². The zero-order valence-electron chi connectivity index (χ0n) is 15.4. The van der Waals surface area contributed by atoms with Gasteiger partial charge in [0.2, 0.25) is 0 Å². The zero-order chi connectivity index (χ0) is 18.9. The number of urea groups is 1. The number of aliphatic hydroxyl groups is 1. The second-order valence-electron chi connectivity index (χ2n) is 7.23. The summed E-state index contributed by atoms with van der Waals surface area (Å²) in [4.78, 5) is 22.8. The van der Waals surface area contributed by atoms with Crippen molar-refractivity contribution >= 4 is 11.7 Å². The first-order valence-corrected chi connectivity index (χ1v) is 9.17. The van der Waals surface area contributed by atoms with Gasteiger partial charge in [0.15, 0.2) is 0 Å². The van der Waals surface area contributed by atoms with Gasteiger partial charge in [-0.2, -0.15) is 0 Å². The van der Waals surface area contributed by atoms with Gasteiger partial charge in [-0.05, 0) is 31.9 Å². The van der Waals surface area contributed by atoms with Crippen molar-refractivity contribution in [1.29, 1.82) is 0 Å². The number of likely N-dealkylation sites (tertiary alicyclic amines) is 1. The number of nitrogens with zero attached hydrogens (tertiary/aromatic N) is 5. The van der Waals surface area contributed by atoms with Crippen molar-refractivity contribution in [2.75, 3.05) is 13.1 Å². The number of hydrogen-bond donors (Lipinski definition) is 2. The van der Waals surface area contributed by atoms with Crippen LogP contribution in [0.15, 0.2) is 43.1 Å². The number of amides is 2. The van der Waals surface area contributed by atoms with Gasteiger partial charge in [0, 0.05) is 37.4 Å². The largest absolute Gasteiger partial charge is 0.388 e. The summed E-state index contributed by atoms with van der Waals surface area (Å²) in [5, 5.41) is 13.7. The number of aromatic nitrogens is 4. The molecule has 0 aliphatic carbocycles. The van der Waals surface area contributed by atoms with Crippen LogP contribution in [-0.4, -0.2) is 53.7 Å². The van der Waals surface area contributed by atoms with Crippen LogP contribution in [0, 0.1) is 6.92 Å². The van der Waals surface area contributed by atoms with Crippen molar-refractivity contribution in [1.82, 2.24) is 29.2 Å². The fourth-order valence-electron chi connectivity index (χ4n) is 3.57. The third-order valence-corrected chi connectivity index (χ3v) is 5.18. The van der Waals surface area contributed by atoms with Crippen molar-refractivity contribution in [3.63, 3.8) is 0 Å². The van der Waals surface area contributed by atoms with E-state index in [0.29, 0.717) is 39.0 Å². The molecule has 8 nitrogen and oxygen atoms in total. The number of fused-ring (bicyclic) bond motifs is 1. The number of rotatable bonds is 4. The average molecular weight is 368 g/mol. The van der Waals surface area contributed by atoms with E-state index in [9.17, 15) is 9.90 Å². The summed E-state index contributed by atoms with van der Waals surface area (Å²) in [6.07, 6.45) is 8.29. The fraction of sp³-hybridized carbons (Fsp3) is 0.421. The molecule has 0 aromatic carbocycles. The molecule has 2 amide bonds. The normalized spacial score (nSPS) is 16.6. The van der Waals surface area contributed by atoms with E-state index in [-0.39, 0.29) is 6.03 Å². The smallest absolute Gasteiger partial charge is 0.317 e. The molecule has 0 radical (unpaired) electrons. The van der Waals surface area contributed by atoms with Crippen LogP contribution in [0.5, 0.6) is 0 Å². The van der Waals surface area contributed by atoms with E-state index in [4.69, 9.17) is 0 Å². The molecule has 8 heteroatoms. The Kier molecular flexibility index (Phi) is 4.57. The van der Waals surface area contributed by atoms with Gasteiger partial charge in [-0.1, -0.05) is 6.07 Å². The molecule has 4 rings (SSSR count). The van der Waals surface area contributed by atoms with Crippen LogP contribution in [0.1, 0.15) is 24.2 Å². The summed E-state index contributed by atoms with van der Waals surface area (Å²) in [6, 6.07) is 5.83. The van der Waals surface area contributed by atoms with E-state index in [1.54, 1.807) is 17.4 Å². The maximum atomic E-state index is 12.5. The van der Waals surface area contributed by atoms with Gasteiger partial charge in [0.05, 0.1) is 30.7 Å². The molecule has 3 aromatic heterocycles. The molecule has 0 bridgehead atoms. The van der Waals surface area contributed by atoms with Crippen LogP contribution in [0.25, 0.3) is 5.65 Å². The lowest BCUT2D eigenvalue weighted by Gasteiger charge is -2.38. The molecule has 142 valence electrons. The first-order chi connectivity index (χ1) is 13.0. The van der Waals surface area contributed by atoms with Gasteiger partial charge < -0.3 is 24.3 Å². The molecule has 1 aliphatic heterocycles. The maximum absolute atomic E-state index is 12.5. The van der Waals surface area contributed by atoms with Gasteiger partial charge in [-0.25, -0.2) is 14.8 Å². The molecule has 0 spiro atoms. The average Bonchev–Trinajstić information content (AvgIpc) is 3.30. The minimum absolute atomic E-state index is 0.117. The highest BCUT2D eigenvalue weighted by molar-refractivity contribution is 5.74. The number of aryl methyl sites for hydroxylation is 1. The number of pyridine rings is 1.